The lowest BCUT2D eigenvalue weighted by molar-refractivity contribution is 0.179. The van der Waals surface area contributed by atoms with Crippen molar-refractivity contribution in [1.29, 1.82) is 0 Å². The van der Waals surface area contributed by atoms with Gasteiger partial charge in [0.05, 0.1) is 13.1 Å². The number of carbonyl (C=O) groups is 1. The molecule has 1 saturated heterocycles. The molecule has 25 heavy (non-hydrogen) atoms. The van der Waals surface area contributed by atoms with Crippen LogP contribution in [0.15, 0.2) is 18.5 Å². The van der Waals surface area contributed by atoms with Crippen LogP contribution in [-0.4, -0.2) is 50.3 Å². The van der Waals surface area contributed by atoms with Crippen LogP contribution in [0.1, 0.15) is 29.9 Å². The molecule has 0 spiro atoms. The van der Waals surface area contributed by atoms with Crippen molar-refractivity contribution < 1.29 is 4.79 Å². The van der Waals surface area contributed by atoms with Crippen molar-refractivity contribution in [2.45, 2.75) is 39.4 Å². The summed E-state index contributed by atoms with van der Waals surface area (Å²) in [4.78, 5) is 25.4. The van der Waals surface area contributed by atoms with Crippen LogP contribution < -0.4 is 10.2 Å². The highest BCUT2D eigenvalue weighted by molar-refractivity contribution is 5.74. The summed E-state index contributed by atoms with van der Waals surface area (Å²) in [6.45, 7) is 6.48. The topological polar surface area (TPSA) is 79.2 Å². The summed E-state index contributed by atoms with van der Waals surface area (Å²) in [5.41, 5.74) is 2.07. The van der Waals surface area contributed by atoms with Crippen molar-refractivity contribution in [3.63, 3.8) is 0 Å². The van der Waals surface area contributed by atoms with Crippen molar-refractivity contribution in [2.75, 3.05) is 24.5 Å². The Labute approximate surface area is 146 Å². The van der Waals surface area contributed by atoms with E-state index in [0.717, 1.165) is 36.0 Å². The van der Waals surface area contributed by atoms with E-state index < -0.39 is 0 Å². The number of aromatic nitrogens is 4. The zero-order chi connectivity index (χ0) is 17.2. The first-order chi connectivity index (χ1) is 12.2. The third-order valence-electron chi connectivity index (χ3n) is 4.77. The number of hydrogen-bond acceptors (Lipinski definition) is 5. The van der Waals surface area contributed by atoms with Gasteiger partial charge in [-0.15, -0.1) is 0 Å². The molecule has 4 heterocycles. The lowest BCUT2D eigenvalue weighted by atomic mass is 10.2. The van der Waals surface area contributed by atoms with E-state index in [1.807, 2.05) is 17.7 Å². The number of urea groups is 1. The first-order valence-electron chi connectivity index (χ1n) is 8.81. The summed E-state index contributed by atoms with van der Waals surface area (Å²) in [5.74, 6) is 1.85. The fourth-order valence-electron chi connectivity index (χ4n) is 3.46. The molecule has 8 heteroatoms. The van der Waals surface area contributed by atoms with Gasteiger partial charge in [-0.2, -0.15) is 5.10 Å². The summed E-state index contributed by atoms with van der Waals surface area (Å²) >= 11 is 0. The Balaban J connectivity index is 1.38. The molecule has 2 aliphatic rings. The molecule has 0 atom stereocenters. The molecule has 0 aromatic carbocycles. The summed E-state index contributed by atoms with van der Waals surface area (Å²) in [6, 6.07) is 4.06. The largest absolute Gasteiger partial charge is 0.357 e. The van der Waals surface area contributed by atoms with Gasteiger partial charge in [-0.25, -0.2) is 19.4 Å². The number of aryl methyl sites for hydroxylation is 1. The average molecular weight is 341 g/mol. The Morgan fingerprint density at radius 3 is 2.88 bits per heavy atom. The van der Waals surface area contributed by atoms with Gasteiger partial charge in [0.1, 0.15) is 18.0 Å². The molecule has 0 saturated carbocycles. The standard InChI is InChI=1S/C17H23N7O/c1-13-8-14(9-15(21-13)22-4-2-3-5-22)10-18-17(25)23-6-7-24-16(11-23)19-12-20-24/h8-9,12H,2-7,10-11H2,1H3,(H,18,25). The Morgan fingerprint density at radius 2 is 2.04 bits per heavy atom. The van der Waals surface area contributed by atoms with Gasteiger partial charge in [-0.1, -0.05) is 0 Å². The smallest absolute Gasteiger partial charge is 0.318 e. The predicted molar refractivity (Wildman–Crippen MR) is 93.1 cm³/mol. The van der Waals surface area contributed by atoms with Crippen LogP contribution >= 0.6 is 0 Å². The normalized spacial score (nSPS) is 16.8. The molecule has 0 radical (unpaired) electrons. The maximum Gasteiger partial charge on any atom is 0.318 e. The maximum atomic E-state index is 12.5. The molecule has 2 amide bonds. The number of fused-ring (bicyclic) bond motifs is 1. The lowest BCUT2D eigenvalue weighted by Crippen LogP contribution is -2.44. The molecule has 8 nitrogen and oxygen atoms in total. The number of amides is 2. The Bertz CT molecular complexity index is 766. The fraction of sp³-hybridized carbons (Fsp3) is 0.529. The first kappa shape index (κ1) is 15.9. The van der Waals surface area contributed by atoms with E-state index in [2.05, 4.69) is 31.3 Å². The molecule has 2 aromatic heterocycles. The predicted octanol–water partition coefficient (Wildman–Crippen LogP) is 1.31. The number of rotatable bonds is 3. The molecule has 0 bridgehead atoms. The molecule has 0 aliphatic carbocycles. The summed E-state index contributed by atoms with van der Waals surface area (Å²) < 4.78 is 1.85. The third kappa shape index (κ3) is 3.42. The lowest BCUT2D eigenvalue weighted by Gasteiger charge is -2.27. The van der Waals surface area contributed by atoms with Crippen LogP contribution in [0.4, 0.5) is 10.6 Å². The van der Waals surface area contributed by atoms with Gasteiger partial charge in [0.15, 0.2) is 0 Å². The number of carbonyl (C=O) groups excluding carboxylic acids is 1. The molecule has 2 aromatic rings. The third-order valence-corrected chi connectivity index (χ3v) is 4.77. The maximum absolute atomic E-state index is 12.5. The number of nitrogens with one attached hydrogen (secondary N) is 1. The quantitative estimate of drug-likeness (QED) is 0.910. The molecule has 0 unspecified atom stereocenters. The summed E-state index contributed by atoms with van der Waals surface area (Å²) in [7, 11) is 0. The summed E-state index contributed by atoms with van der Waals surface area (Å²) in [6.07, 6.45) is 3.99. The van der Waals surface area contributed by atoms with E-state index in [4.69, 9.17) is 0 Å². The summed E-state index contributed by atoms with van der Waals surface area (Å²) in [5, 5.41) is 7.16. The Morgan fingerprint density at radius 1 is 1.20 bits per heavy atom. The number of hydrogen-bond donors (Lipinski definition) is 1. The number of pyridine rings is 1. The number of anilines is 1. The van der Waals surface area contributed by atoms with E-state index >= 15 is 0 Å². The SMILES string of the molecule is Cc1cc(CNC(=O)N2CCn3ncnc3C2)cc(N2CCCC2)n1. The van der Waals surface area contributed by atoms with Crippen molar-refractivity contribution in [1.82, 2.24) is 30.0 Å². The molecular formula is C17H23N7O. The second kappa shape index (κ2) is 6.70. The number of nitrogens with zero attached hydrogens (tertiary/aromatic N) is 6. The van der Waals surface area contributed by atoms with E-state index in [1.54, 1.807) is 4.90 Å². The van der Waals surface area contributed by atoms with Crippen molar-refractivity contribution in [2.24, 2.45) is 0 Å². The van der Waals surface area contributed by atoms with Crippen LogP contribution in [-0.2, 0) is 19.6 Å². The molecular weight excluding hydrogens is 318 g/mol. The van der Waals surface area contributed by atoms with E-state index in [0.29, 0.717) is 26.2 Å². The fourth-order valence-corrected chi connectivity index (χ4v) is 3.46. The van der Waals surface area contributed by atoms with E-state index in [9.17, 15) is 4.79 Å². The highest BCUT2D eigenvalue weighted by Gasteiger charge is 2.22. The van der Waals surface area contributed by atoms with E-state index in [-0.39, 0.29) is 6.03 Å². The van der Waals surface area contributed by atoms with Crippen molar-refractivity contribution in [3.8, 4) is 0 Å². The molecule has 2 aliphatic heterocycles. The second-order valence-electron chi connectivity index (χ2n) is 6.65. The van der Waals surface area contributed by atoms with Gasteiger partial charge in [0.25, 0.3) is 0 Å². The van der Waals surface area contributed by atoms with Gasteiger partial charge in [0.2, 0.25) is 0 Å². The molecule has 4 rings (SSSR count). The van der Waals surface area contributed by atoms with Gasteiger partial charge in [-0.05, 0) is 37.5 Å². The Hall–Kier alpha value is -2.64. The minimum absolute atomic E-state index is 0.0635. The molecule has 1 fully saturated rings. The minimum atomic E-state index is -0.0635. The molecule has 1 N–H and O–H groups in total. The van der Waals surface area contributed by atoms with Crippen LogP contribution in [0.3, 0.4) is 0 Å². The van der Waals surface area contributed by atoms with Crippen molar-refractivity contribution in [3.05, 3.63) is 35.5 Å². The van der Waals surface area contributed by atoms with Crippen molar-refractivity contribution >= 4 is 11.8 Å². The highest BCUT2D eigenvalue weighted by Crippen LogP contribution is 2.20. The average Bonchev–Trinajstić information content (AvgIpc) is 3.29. The van der Waals surface area contributed by atoms with Gasteiger partial charge < -0.3 is 15.1 Å². The molecule has 132 valence electrons. The minimum Gasteiger partial charge on any atom is -0.357 e. The van der Waals surface area contributed by atoms with E-state index in [1.165, 1.54) is 19.2 Å². The van der Waals surface area contributed by atoms with Crippen LogP contribution in [0, 0.1) is 6.92 Å². The Kier molecular flexibility index (Phi) is 4.25. The van der Waals surface area contributed by atoms with Crippen LogP contribution in [0.25, 0.3) is 0 Å². The second-order valence-corrected chi connectivity index (χ2v) is 6.65. The highest BCUT2D eigenvalue weighted by atomic mass is 16.2. The zero-order valence-corrected chi connectivity index (χ0v) is 14.5. The van der Waals surface area contributed by atoms with Gasteiger partial charge in [0, 0.05) is 31.9 Å². The van der Waals surface area contributed by atoms with Gasteiger partial charge in [-0.3, -0.25) is 0 Å². The van der Waals surface area contributed by atoms with Gasteiger partial charge >= 0.3 is 6.03 Å². The first-order valence-corrected chi connectivity index (χ1v) is 8.81. The van der Waals surface area contributed by atoms with Crippen LogP contribution in [0.2, 0.25) is 0 Å². The monoisotopic (exact) mass is 341 g/mol. The zero-order valence-electron chi connectivity index (χ0n) is 14.5. The van der Waals surface area contributed by atoms with Crippen LogP contribution in [0.5, 0.6) is 0 Å².